The third kappa shape index (κ3) is 3.59. The van der Waals surface area contributed by atoms with Crippen molar-refractivity contribution in [1.82, 2.24) is 10.2 Å². The number of para-hydroxylation sites is 1. The zero-order chi connectivity index (χ0) is 17.9. The second-order valence-corrected chi connectivity index (χ2v) is 6.72. The van der Waals surface area contributed by atoms with E-state index in [9.17, 15) is 9.18 Å². The van der Waals surface area contributed by atoms with E-state index < -0.39 is 0 Å². The predicted molar refractivity (Wildman–Crippen MR) is 98.1 cm³/mol. The van der Waals surface area contributed by atoms with Gasteiger partial charge in [0, 0.05) is 31.9 Å². The van der Waals surface area contributed by atoms with Crippen LogP contribution in [0.25, 0.3) is 0 Å². The van der Waals surface area contributed by atoms with Crippen molar-refractivity contribution >= 4 is 11.7 Å². The molecule has 1 unspecified atom stereocenters. The van der Waals surface area contributed by atoms with Gasteiger partial charge in [0.25, 0.3) is 0 Å². The highest BCUT2D eigenvalue weighted by atomic mass is 19.1. The van der Waals surface area contributed by atoms with Crippen LogP contribution < -0.4 is 15.0 Å². The Bertz CT molecular complexity index is 773. The molecule has 0 radical (unpaired) electrons. The molecule has 2 aliphatic rings. The fraction of sp³-hybridized carbons (Fsp3) is 0.350. The quantitative estimate of drug-likeness (QED) is 0.901. The molecule has 0 saturated carbocycles. The number of anilines is 1. The van der Waals surface area contributed by atoms with Gasteiger partial charge in [0.1, 0.15) is 18.2 Å². The lowest BCUT2D eigenvalue weighted by Gasteiger charge is -2.37. The number of piperazine rings is 1. The molecule has 1 atom stereocenters. The molecular formula is C20H22FN3O2. The Morgan fingerprint density at radius 2 is 1.77 bits per heavy atom. The summed E-state index contributed by atoms with van der Waals surface area (Å²) in [5.41, 5.74) is 2.12. The summed E-state index contributed by atoms with van der Waals surface area (Å²) >= 11 is 0. The Morgan fingerprint density at radius 3 is 2.54 bits per heavy atom. The number of urea groups is 1. The van der Waals surface area contributed by atoms with Crippen molar-refractivity contribution in [3.05, 3.63) is 59.9 Å². The average Bonchev–Trinajstić information content (AvgIpc) is 2.68. The van der Waals surface area contributed by atoms with Gasteiger partial charge in [0.15, 0.2) is 0 Å². The number of carbonyl (C=O) groups is 1. The van der Waals surface area contributed by atoms with Gasteiger partial charge in [-0.1, -0.05) is 18.2 Å². The zero-order valence-corrected chi connectivity index (χ0v) is 14.5. The summed E-state index contributed by atoms with van der Waals surface area (Å²) in [6.07, 6.45) is 0.789. The lowest BCUT2D eigenvalue weighted by molar-refractivity contribution is 0.178. The van der Waals surface area contributed by atoms with E-state index in [1.165, 1.54) is 12.1 Å². The number of nitrogens with zero attached hydrogens (tertiary/aromatic N) is 2. The number of halogens is 1. The van der Waals surface area contributed by atoms with Crippen LogP contribution in [0.2, 0.25) is 0 Å². The molecule has 1 fully saturated rings. The first-order valence-electron chi connectivity index (χ1n) is 8.96. The van der Waals surface area contributed by atoms with Crippen molar-refractivity contribution in [3.8, 4) is 5.75 Å². The highest BCUT2D eigenvalue weighted by molar-refractivity contribution is 5.75. The minimum Gasteiger partial charge on any atom is -0.491 e. The molecule has 0 bridgehead atoms. The number of amides is 2. The van der Waals surface area contributed by atoms with Crippen LogP contribution in [0.15, 0.2) is 48.5 Å². The number of ether oxygens (including phenoxy) is 1. The van der Waals surface area contributed by atoms with Crippen molar-refractivity contribution in [2.45, 2.75) is 12.5 Å². The first kappa shape index (κ1) is 16.7. The number of rotatable bonds is 2. The summed E-state index contributed by atoms with van der Waals surface area (Å²) in [4.78, 5) is 16.6. The average molecular weight is 355 g/mol. The number of carbonyl (C=O) groups excluding carboxylic acids is 1. The standard InChI is InChI=1S/C20H22FN3O2/c21-16-5-7-18(8-6-16)23-9-11-24(12-10-23)20(25)22-17-13-15-3-1-2-4-19(15)26-14-17/h1-8,17H,9-14H2,(H,22,25). The van der Waals surface area contributed by atoms with E-state index in [-0.39, 0.29) is 17.9 Å². The molecule has 2 aromatic carbocycles. The van der Waals surface area contributed by atoms with E-state index in [2.05, 4.69) is 10.2 Å². The van der Waals surface area contributed by atoms with E-state index in [1.54, 1.807) is 12.1 Å². The van der Waals surface area contributed by atoms with Crippen molar-refractivity contribution in [1.29, 1.82) is 0 Å². The Balaban J connectivity index is 1.29. The van der Waals surface area contributed by atoms with Gasteiger partial charge < -0.3 is 19.9 Å². The molecule has 1 N–H and O–H groups in total. The summed E-state index contributed by atoms with van der Waals surface area (Å²) < 4.78 is 18.8. The van der Waals surface area contributed by atoms with E-state index >= 15 is 0 Å². The monoisotopic (exact) mass is 355 g/mol. The Hall–Kier alpha value is -2.76. The maximum Gasteiger partial charge on any atom is 0.317 e. The van der Waals surface area contributed by atoms with Crippen LogP contribution >= 0.6 is 0 Å². The van der Waals surface area contributed by atoms with Gasteiger partial charge in [0.2, 0.25) is 0 Å². The first-order valence-corrected chi connectivity index (χ1v) is 8.96. The summed E-state index contributed by atoms with van der Waals surface area (Å²) in [6.45, 7) is 3.27. The van der Waals surface area contributed by atoms with Crippen molar-refractivity contribution in [2.75, 3.05) is 37.7 Å². The molecule has 0 aliphatic carbocycles. The minimum atomic E-state index is -0.233. The van der Waals surface area contributed by atoms with Gasteiger partial charge in [-0.25, -0.2) is 9.18 Å². The van der Waals surface area contributed by atoms with Crippen LogP contribution in [-0.2, 0) is 6.42 Å². The van der Waals surface area contributed by atoms with E-state index in [0.717, 1.165) is 36.5 Å². The molecule has 0 aromatic heterocycles. The topological polar surface area (TPSA) is 44.8 Å². The van der Waals surface area contributed by atoms with Crippen molar-refractivity contribution in [2.24, 2.45) is 0 Å². The molecule has 0 spiro atoms. The fourth-order valence-corrected chi connectivity index (χ4v) is 3.51. The molecule has 4 rings (SSSR count). The van der Waals surface area contributed by atoms with Crippen molar-refractivity contribution < 1.29 is 13.9 Å². The molecule has 1 saturated heterocycles. The van der Waals surface area contributed by atoms with Crippen LogP contribution in [0.5, 0.6) is 5.75 Å². The third-order valence-electron chi connectivity index (χ3n) is 4.97. The number of fused-ring (bicyclic) bond motifs is 1. The van der Waals surface area contributed by atoms with Gasteiger partial charge in [-0.15, -0.1) is 0 Å². The lowest BCUT2D eigenvalue weighted by Crippen LogP contribution is -2.55. The smallest absolute Gasteiger partial charge is 0.317 e. The molecular weight excluding hydrogens is 333 g/mol. The van der Waals surface area contributed by atoms with Gasteiger partial charge in [0.05, 0.1) is 6.04 Å². The molecule has 2 aromatic rings. The highest BCUT2D eigenvalue weighted by Crippen LogP contribution is 2.24. The zero-order valence-electron chi connectivity index (χ0n) is 14.5. The number of hydrogen-bond acceptors (Lipinski definition) is 3. The molecule has 136 valence electrons. The van der Waals surface area contributed by atoms with Gasteiger partial charge in [-0.05, 0) is 42.3 Å². The van der Waals surface area contributed by atoms with Crippen LogP contribution in [-0.4, -0.2) is 49.8 Å². The number of hydrogen-bond donors (Lipinski definition) is 1. The van der Waals surface area contributed by atoms with E-state index in [0.29, 0.717) is 19.7 Å². The highest BCUT2D eigenvalue weighted by Gasteiger charge is 2.26. The second-order valence-electron chi connectivity index (χ2n) is 6.72. The SMILES string of the molecule is O=C(NC1COc2ccccc2C1)N1CCN(c2ccc(F)cc2)CC1. The molecule has 26 heavy (non-hydrogen) atoms. The molecule has 6 heteroatoms. The molecule has 5 nitrogen and oxygen atoms in total. The third-order valence-corrected chi connectivity index (χ3v) is 4.97. The molecule has 2 aliphatic heterocycles. The lowest BCUT2D eigenvalue weighted by atomic mass is 10.0. The Labute approximate surface area is 152 Å². The first-order chi connectivity index (χ1) is 12.7. The Morgan fingerprint density at radius 1 is 1.04 bits per heavy atom. The van der Waals surface area contributed by atoms with Gasteiger partial charge in [-0.3, -0.25) is 0 Å². The summed E-state index contributed by atoms with van der Waals surface area (Å²) in [6, 6.07) is 14.4. The minimum absolute atomic E-state index is 0.00692. The van der Waals surface area contributed by atoms with Crippen LogP contribution in [0.3, 0.4) is 0 Å². The van der Waals surface area contributed by atoms with E-state index in [4.69, 9.17) is 4.74 Å². The van der Waals surface area contributed by atoms with Crippen LogP contribution in [0.1, 0.15) is 5.56 Å². The normalized spacial score (nSPS) is 19.5. The summed E-state index contributed by atoms with van der Waals surface area (Å²) in [7, 11) is 0. The van der Waals surface area contributed by atoms with Crippen molar-refractivity contribution in [3.63, 3.8) is 0 Å². The van der Waals surface area contributed by atoms with E-state index in [1.807, 2.05) is 29.2 Å². The summed E-state index contributed by atoms with van der Waals surface area (Å²) in [5.74, 6) is 0.675. The summed E-state index contributed by atoms with van der Waals surface area (Å²) in [5, 5.41) is 3.09. The van der Waals surface area contributed by atoms with Gasteiger partial charge >= 0.3 is 6.03 Å². The van der Waals surface area contributed by atoms with Crippen LogP contribution in [0, 0.1) is 5.82 Å². The number of nitrogens with one attached hydrogen (secondary N) is 1. The molecule has 2 amide bonds. The predicted octanol–water partition coefficient (Wildman–Crippen LogP) is 2.66. The van der Waals surface area contributed by atoms with Crippen LogP contribution in [0.4, 0.5) is 14.9 Å². The number of benzene rings is 2. The second kappa shape index (κ2) is 7.23. The largest absolute Gasteiger partial charge is 0.491 e. The van der Waals surface area contributed by atoms with Gasteiger partial charge in [-0.2, -0.15) is 0 Å². The Kier molecular flexibility index (Phi) is 4.65. The maximum atomic E-state index is 13.0. The fourth-order valence-electron chi connectivity index (χ4n) is 3.51. The maximum absolute atomic E-state index is 13.0. The molecule has 2 heterocycles.